The van der Waals surface area contributed by atoms with Crippen LogP contribution in [0.5, 0.6) is 5.75 Å². The quantitative estimate of drug-likeness (QED) is 0.871. The number of carbonyl (C=O) groups is 1. The van der Waals surface area contributed by atoms with E-state index in [1.54, 1.807) is 4.90 Å². The van der Waals surface area contributed by atoms with Gasteiger partial charge in [0.2, 0.25) is 0 Å². The zero-order valence-electron chi connectivity index (χ0n) is 11.6. The molecule has 1 N–H and O–H groups in total. The molecule has 1 aliphatic heterocycles. The summed E-state index contributed by atoms with van der Waals surface area (Å²) in [7, 11) is 0. The summed E-state index contributed by atoms with van der Waals surface area (Å²) in [5.74, 6) is -1.08. The molecule has 0 atom stereocenters. The van der Waals surface area contributed by atoms with Crippen molar-refractivity contribution in [3.8, 4) is 5.75 Å². The van der Waals surface area contributed by atoms with Crippen LogP contribution >= 0.6 is 0 Å². The molecule has 0 saturated carbocycles. The highest BCUT2D eigenvalue weighted by Crippen LogP contribution is 2.29. The summed E-state index contributed by atoms with van der Waals surface area (Å²) < 4.78 is 13.4. The number of aryl methyl sites for hydroxylation is 1. The predicted molar refractivity (Wildman–Crippen MR) is 79.1 cm³/mol. The van der Waals surface area contributed by atoms with Gasteiger partial charge in [0.05, 0.1) is 5.56 Å². The average molecular weight is 285 g/mol. The average Bonchev–Trinajstić information content (AvgIpc) is 2.71. The third-order valence-electron chi connectivity index (χ3n) is 3.79. The van der Waals surface area contributed by atoms with E-state index >= 15 is 0 Å². The van der Waals surface area contributed by atoms with E-state index in [-0.39, 0.29) is 17.2 Å². The van der Waals surface area contributed by atoms with Gasteiger partial charge >= 0.3 is 0 Å². The van der Waals surface area contributed by atoms with Crippen molar-refractivity contribution < 1.29 is 14.3 Å². The third kappa shape index (κ3) is 2.61. The van der Waals surface area contributed by atoms with Gasteiger partial charge in [-0.1, -0.05) is 18.2 Å². The Bertz CT molecular complexity index is 684. The summed E-state index contributed by atoms with van der Waals surface area (Å²) in [5, 5.41) is 9.84. The van der Waals surface area contributed by atoms with Crippen molar-refractivity contribution in [1.29, 1.82) is 0 Å². The van der Waals surface area contributed by atoms with Crippen molar-refractivity contribution in [3.63, 3.8) is 0 Å². The van der Waals surface area contributed by atoms with Crippen molar-refractivity contribution in [2.24, 2.45) is 0 Å². The highest BCUT2D eigenvalue weighted by molar-refractivity contribution is 6.08. The second-order valence-electron chi connectivity index (χ2n) is 5.20. The van der Waals surface area contributed by atoms with Crippen molar-refractivity contribution in [2.75, 3.05) is 11.4 Å². The van der Waals surface area contributed by atoms with E-state index in [1.165, 1.54) is 6.07 Å². The lowest BCUT2D eigenvalue weighted by atomic mass is 10.1. The molecule has 0 saturated heterocycles. The molecule has 1 heterocycles. The van der Waals surface area contributed by atoms with Crippen molar-refractivity contribution in [2.45, 2.75) is 19.3 Å². The number of halogens is 1. The van der Waals surface area contributed by atoms with Crippen LogP contribution in [0.2, 0.25) is 0 Å². The molecule has 0 spiro atoms. The first-order valence-corrected chi connectivity index (χ1v) is 7.05. The first-order chi connectivity index (χ1) is 10.2. The maximum Gasteiger partial charge on any atom is 0.262 e. The Morgan fingerprint density at radius 3 is 2.81 bits per heavy atom. The summed E-state index contributed by atoms with van der Waals surface area (Å²) in [6.45, 7) is 0.575. The minimum Gasteiger partial charge on any atom is -0.507 e. The number of rotatable bonds is 1. The summed E-state index contributed by atoms with van der Waals surface area (Å²) >= 11 is 0. The summed E-state index contributed by atoms with van der Waals surface area (Å²) in [4.78, 5) is 14.3. The highest BCUT2D eigenvalue weighted by Gasteiger charge is 2.24. The lowest BCUT2D eigenvalue weighted by Gasteiger charge is -2.23. The molecule has 4 heteroatoms. The fourth-order valence-electron chi connectivity index (χ4n) is 2.73. The largest absolute Gasteiger partial charge is 0.507 e. The summed E-state index contributed by atoms with van der Waals surface area (Å²) in [6.07, 6.45) is 2.82. The van der Waals surface area contributed by atoms with Crippen LogP contribution in [-0.2, 0) is 6.42 Å². The molecule has 3 nitrogen and oxygen atoms in total. The van der Waals surface area contributed by atoms with Gasteiger partial charge in [0.1, 0.15) is 11.6 Å². The van der Waals surface area contributed by atoms with Crippen LogP contribution in [0.3, 0.4) is 0 Å². The van der Waals surface area contributed by atoms with Crippen LogP contribution in [0.4, 0.5) is 10.1 Å². The van der Waals surface area contributed by atoms with Crippen molar-refractivity contribution in [3.05, 3.63) is 59.4 Å². The standard InChI is InChI=1S/C17H16FNO2/c18-13-8-9-16(20)14(11-13)17(21)19-10-4-3-6-12-5-1-2-7-15(12)19/h1-2,5,7-9,11,20H,3-4,6,10H2. The zero-order chi connectivity index (χ0) is 14.8. The highest BCUT2D eigenvalue weighted by atomic mass is 19.1. The fraction of sp³-hybridized carbons (Fsp3) is 0.235. The van der Waals surface area contributed by atoms with Gasteiger partial charge in [-0.2, -0.15) is 0 Å². The molecule has 1 aliphatic rings. The third-order valence-corrected chi connectivity index (χ3v) is 3.79. The number of hydrogen-bond acceptors (Lipinski definition) is 2. The number of phenolic OH excluding ortho intramolecular Hbond substituents is 1. The number of carbonyl (C=O) groups excluding carboxylic acids is 1. The minimum atomic E-state index is -0.528. The molecule has 0 fully saturated rings. The lowest BCUT2D eigenvalue weighted by molar-refractivity contribution is 0.0984. The van der Waals surface area contributed by atoms with Gasteiger partial charge in [-0.25, -0.2) is 4.39 Å². The van der Waals surface area contributed by atoms with Crippen molar-refractivity contribution in [1.82, 2.24) is 0 Å². The second-order valence-corrected chi connectivity index (χ2v) is 5.20. The molecule has 3 rings (SSSR count). The number of anilines is 1. The number of aromatic hydroxyl groups is 1. The molecule has 0 radical (unpaired) electrons. The van der Waals surface area contributed by atoms with Gasteiger partial charge in [0, 0.05) is 12.2 Å². The molecule has 0 unspecified atom stereocenters. The molecule has 0 aliphatic carbocycles. The Kier molecular flexibility index (Phi) is 3.60. The van der Waals surface area contributed by atoms with E-state index in [2.05, 4.69) is 0 Å². The van der Waals surface area contributed by atoms with Gasteiger partial charge in [0.15, 0.2) is 0 Å². The molecular weight excluding hydrogens is 269 g/mol. The van der Waals surface area contributed by atoms with Crippen LogP contribution in [0, 0.1) is 5.82 Å². The smallest absolute Gasteiger partial charge is 0.262 e. The second kappa shape index (κ2) is 5.56. The zero-order valence-corrected chi connectivity index (χ0v) is 11.6. The number of amides is 1. The fourth-order valence-corrected chi connectivity index (χ4v) is 2.73. The van der Waals surface area contributed by atoms with Gasteiger partial charge in [-0.3, -0.25) is 4.79 Å². The van der Waals surface area contributed by atoms with E-state index in [1.807, 2.05) is 24.3 Å². The number of fused-ring (bicyclic) bond motifs is 1. The first-order valence-electron chi connectivity index (χ1n) is 7.05. The number of para-hydroxylation sites is 1. The van der Waals surface area contributed by atoms with E-state index in [4.69, 9.17) is 0 Å². The Balaban J connectivity index is 2.03. The van der Waals surface area contributed by atoms with Crippen molar-refractivity contribution >= 4 is 11.6 Å². The Labute approximate surface area is 122 Å². The Hall–Kier alpha value is -2.36. The number of phenols is 1. The molecule has 0 bridgehead atoms. The topological polar surface area (TPSA) is 40.5 Å². The lowest BCUT2D eigenvalue weighted by Crippen LogP contribution is -2.31. The van der Waals surface area contributed by atoms with Gasteiger partial charge in [0.25, 0.3) is 5.91 Å². The molecule has 2 aromatic rings. The molecule has 2 aromatic carbocycles. The van der Waals surface area contributed by atoms with Crippen LogP contribution in [-0.4, -0.2) is 17.6 Å². The molecular formula is C17H16FNO2. The van der Waals surface area contributed by atoms with Crippen LogP contribution < -0.4 is 4.90 Å². The molecule has 21 heavy (non-hydrogen) atoms. The van der Waals surface area contributed by atoms with Gasteiger partial charge < -0.3 is 10.0 Å². The first kappa shape index (κ1) is 13.6. The van der Waals surface area contributed by atoms with Crippen LogP contribution in [0.25, 0.3) is 0 Å². The predicted octanol–water partition coefficient (Wildman–Crippen LogP) is 3.51. The van der Waals surface area contributed by atoms with Crippen LogP contribution in [0.1, 0.15) is 28.8 Å². The molecule has 1 amide bonds. The number of nitrogens with zero attached hydrogens (tertiary/aromatic N) is 1. The van der Waals surface area contributed by atoms with Gasteiger partial charge in [-0.15, -0.1) is 0 Å². The Morgan fingerprint density at radius 2 is 1.95 bits per heavy atom. The normalized spacial score (nSPS) is 14.4. The van der Waals surface area contributed by atoms with Gasteiger partial charge in [-0.05, 0) is 49.1 Å². The molecule has 108 valence electrons. The number of benzene rings is 2. The molecule has 0 aromatic heterocycles. The minimum absolute atomic E-state index is 0.00621. The number of hydrogen-bond donors (Lipinski definition) is 1. The van der Waals surface area contributed by atoms with E-state index in [0.29, 0.717) is 6.54 Å². The summed E-state index contributed by atoms with van der Waals surface area (Å²) in [6, 6.07) is 11.2. The SMILES string of the molecule is O=C(c1cc(F)ccc1O)N1CCCCc2ccccc21. The Morgan fingerprint density at radius 1 is 1.14 bits per heavy atom. The van der Waals surface area contributed by atoms with Crippen LogP contribution in [0.15, 0.2) is 42.5 Å². The maximum atomic E-state index is 13.4. The van der Waals surface area contributed by atoms with E-state index in [9.17, 15) is 14.3 Å². The van der Waals surface area contributed by atoms with E-state index < -0.39 is 5.82 Å². The summed E-state index contributed by atoms with van der Waals surface area (Å²) in [5.41, 5.74) is 1.97. The maximum absolute atomic E-state index is 13.4. The van der Waals surface area contributed by atoms with E-state index in [0.717, 1.165) is 42.6 Å². The monoisotopic (exact) mass is 285 g/mol.